The molecule has 1 rings (SSSR count). The lowest BCUT2D eigenvalue weighted by molar-refractivity contribution is 0.249. The Morgan fingerprint density at radius 2 is 2.38 bits per heavy atom. The molecule has 3 nitrogen and oxygen atoms in total. The monoisotopic (exact) mass is 250 g/mol. The molecule has 0 fully saturated rings. The number of nitrogens with zero attached hydrogens (tertiary/aromatic N) is 2. The summed E-state index contributed by atoms with van der Waals surface area (Å²) in [5, 5.41) is 4.23. The highest BCUT2D eigenvalue weighted by Crippen LogP contribution is 2.19. The molecular weight excluding hydrogens is 234 g/mol. The van der Waals surface area contributed by atoms with E-state index in [0.717, 1.165) is 18.4 Å². The van der Waals surface area contributed by atoms with E-state index in [4.69, 9.17) is 4.74 Å². The third kappa shape index (κ3) is 5.34. The molecule has 0 aliphatic carbocycles. The van der Waals surface area contributed by atoms with E-state index in [-0.39, 0.29) is 0 Å². The molecule has 0 radical (unpaired) electrons. The van der Waals surface area contributed by atoms with E-state index in [9.17, 15) is 8.78 Å². The van der Waals surface area contributed by atoms with Gasteiger partial charge in [0, 0.05) is 12.2 Å². The van der Waals surface area contributed by atoms with Gasteiger partial charge in [-0.3, -0.25) is 0 Å². The van der Waals surface area contributed by atoms with Crippen LogP contribution >= 0.6 is 11.9 Å². The van der Waals surface area contributed by atoms with Crippen LogP contribution in [0.1, 0.15) is 26.7 Å². The molecule has 0 aromatic rings. The highest BCUT2D eigenvalue weighted by molar-refractivity contribution is 7.96. The second kappa shape index (κ2) is 6.73. The number of hydrogen-bond acceptors (Lipinski definition) is 4. The Morgan fingerprint density at radius 3 is 3.00 bits per heavy atom. The van der Waals surface area contributed by atoms with Gasteiger partial charge in [0.05, 0.1) is 0 Å². The van der Waals surface area contributed by atoms with Crippen LogP contribution in [0.4, 0.5) is 8.78 Å². The fourth-order valence-corrected chi connectivity index (χ4v) is 1.86. The molecule has 0 saturated heterocycles. The lowest BCUT2D eigenvalue weighted by Gasteiger charge is -2.07. The topological polar surface area (TPSA) is 24.8 Å². The highest BCUT2D eigenvalue weighted by atomic mass is 32.2. The summed E-state index contributed by atoms with van der Waals surface area (Å²) in [5.74, 6) is 1.82. The van der Waals surface area contributed by atoms with Crippen molar-refractivity contribution in [2.45, 2.75) is 26.7 Å². The molecule has 92 valence electrons. The molecule has 1 heterocycles. The van der Waals surface area contributed by atoms with Crippen molar-refractivity contribution in [2.24, 2.45) is 11.0 Å². The molecule has 0 spiro atoms. The average Bonchev–Trinajstić information content (AvgIpc) is 2.59. The van der Waals surface area contributed by atoms with Crippen molar-refractivity contribution in [3.05, 3.63) is 12.2 Å². The van der Waals surface area contributed by atoms with Crippen LogP contribution in [-0.2, 0) is 4.74 Å². The van der Waals surface area contributed by atoms with Gasteiger partial charge >= 0.3 is 0 Å². The predicted molar refractivity (Wildman–Crippen MR) is 62.1 cm³/mol. The fourth-order valence-electron chi connectivity index (χ4n) is 1.15. The second-order valence-corrected chi connectivity index (χ2v) is 4.92. The van der Waals surface area contributed by atoms with Gasteiger partial charge in [0.15, 0.2) is 6.73 Å². The molecule has 6 heteroatoms. The Morgan fingerprint density at radius 1 is 1.62 bits per heavy atom. The summed E-state index contributed by atoms with van der Waals surface area (Å²) >= 11 is 1.40. The first-order valence-corrected chi connectivity index (χ1v) is 6.14. The number of hydrazone groups is 1. The van der Waals surface area contributed by atoms with Gasteiger partial charge in [0.1, 0.15) is 0 Å². The summed E-state index contributed by atoms with van der Waals surface area (Å²) in [6, 6.07) is 0. The van der Waals surface area contributed by atoms with Gasteiger partial charge in [0.25, 0.3) is 6.08 Å². The van der Waals surface area contributed by atoms with Crippen molar-refractivity contribution in [3.63, 3.8) is 0 Å². The molecule has 0 atom stereocenters. The smallest absolute Gasteiger partial charge is 0.266 e. The fraction of sp³-hybridized carbons (Fsp3) is 0.700. The number of rotatable bonds is 6. The van der Waals surface area contributed by atoms with Gasteiger partial charge in [-0.25, -0.2) is 0 Å². The number of hydrogen-bond donors (Lipinski definition) is 0. The third-order valence-electron chi connectivity index (χ3n) is 1.80. The van der Waals surface area contributed by atoms with Crippen LogP contribution in [0.3, 0.4) is 0 Å². The van der Waals surface area contributed by atoms with Gasteiger partial charge < -0.3 is 4.74 Å². The highest BCUT2D eigenvalue weighted by Gasteiger charge is 2.16. The van der Waals surface area contributed by atoms with Gasteiger partial charge in [-0.1, -0.05) is 13.8 Å². The number of allylic oxidation sites excluding steroid dienone is 1. The van der Waals surface area contributed by atoms with Crippen LogP contribution in [0.5, 0.6) is 0 Å². The van der Waals surface area contributed by atoms with E-state index in [1.165, 1.54) is 11.9 Å². The van der Waals surface area contributed by atoms with Gasteiger partial charge in [-0.2, -0.15) is 13.2 Å². The minimum absolute atomic E-state index is 0.346. The Labute approximate surface area is 98.7 Å². The maximum atomic E-state index is 11.7. The van der Waals surface area contributed by atoms with E-state index >= 15 is 0 Å². The summed E-state index contributed by atoms with van der Waals surface area (Å²) < 4.78 is 30.5. The summed E-state index contributed by atoms with van der Waals surface area (Å²) in [4.78, 5) is 0. The van der Waals surface area contributed by atoms with Crippen LogP contribution in [-0.4, -0.2) is 22.8 Å². The molecule has 0 aromatic heterocycles. The van der Waals surface area contributed by atoms with Crippen molar-refractivity contribution in [1.82, 2.24) is 4.41 Å². The van der Waals surface area contributed by atoms with E-state index in [1.54, 1.807) is 4.41 Å². The maximum Gasteiger partial charge on any atom is 0.266 e. The zero-order valence-electron chi connectivity index (χ0n) is 9.45. The molecular formula is C10H16F2N2OS. The quantitative estimate of drug-likeness (QED) is 0.533. The van der Waals surface area contributed by atoms with Gasteiger partial charge in [0.2, 0.25) is 5.90 Å². The lowest BCUT2D eigenvalue weighted by atomic mass is 10.1. The molecule has 0 N–H and O–H groups in total. The summed E-state index contributed by atoms with van der Waals surface area (Å²) in [6.07, 6.45) is 0.458. The molecule has 0 saturated carbocycles. The molecule has 16 heavy (non-hydrogen) atoms. The van der Waals surface area contributed by atoms with E-state index in [0.29, 0.717) is 24.8 Å². The first kappa shape index (κ1) is 13.3. The van der Waals surface area contributed by atoms with Crippen LogP contribution < -0.4 is 0 Å². The number of ether oxygens (including phenoxy) is 1. The third-order valence-corrected chi connectivity index (χ3v) is 2.71. The van der Waals surface area contributed by atoms with E-state index in [2.05, 4.69) is 18.9 Å². The minimum atomic E-state index is -1.62. The Hall–Kier alpha value is -0.780. The Balaban J connectivity index is 2.20. The van der Waals surface area contributed by atoms with Gasteiger partial charge in [-0.05, 0) is 30.4 Å². The normalized spacial score (nSPS) is 15.1. The SMILES string of the molecule is CC(C)CC1=NN(SCCC=C(F)F)CO1. The van der Waals surface area contributed by atoms with Crippen molar-refractivity contribution < 1.29 is 13.5 Å². The summed E-state index contributed by atoms with van der Waals surface area (Å²) in [5.41, 5.74) is 0. The standard InChI is InChI=1S/C10H16F2N2OS/c1-8(2)6-10-13-14(7-15-10)16-5-3-4-9(11)12/h4,8H,3,5-7H2,1-2H3. The predicted octanol–water partition coefficient (Wildman–Crippen LogP) is 3.45. The van der Waals surface area contributed by atoms with Crippen LogP contribution in [0, 0.1) is 5.92 Å². The zero-order chi connectivity index (χ0) is 12.0. The first-order valence-electron chi connectivity index (χ1n) is 5.20. The summed E-state index contributed by atoms with van der Waals surface area (Å²) in [7, 11) is 0. The second-order valence-electron chi connectivity index (χ2n) is 3.83. The average molecular weight is 250 g/mol. The maximum absolute atomic E-state index is 11.7. The van der Waals surface area contributed by atoms with E-state index in [1.807, 2.05) is 0 Å². The molecule has 0 amide bonds. The lowest BCUT2D eigenvalue weighted by Crippen LogP contribution is -2.06. The number of halogens is 2. The minimum Gasteiger partial charge on any atom is -0.456 e. The van der Waals surface area contributed by atoms with Crippen molar-refractivity contribution in [1.29, 1.82) is 0 Å². The van der Waals surface area contributed by atoms with Crippen LogP contribution in [0.2, 0.25) is 0 Å². The molecule has 0 bridgehead atoms. The van der Waals surface area contributed by atoms with E-state index < -0.39 is 6.08 Å². The first-order chi connectivity index (χ1) is 7.58. The Bertz CT molecular complexity index is 278. The molecule has 0 aromatic carbocycles. The Kier molecular flexibility index (Phi) is 5.59. The molecule has 1 aliphatic rings. The molecule has 0 unspecified atom stereocenters. The zero-order valence-corrected chi connectivity index (χ0v) is 10.3. The van der Waals surface area contributed by atoms with Gasteiger partial charge in [-0.15, -0.1) is 5.10 Å². The van der Waals surface area contributed by atoms with Crippen molar-refractivity contribution >= 4 is 17.8 Å². The van der Waals surface area contributed by atoms with Crippen molar-refractivity contribution in [2.75, 3.05) is 12.5 Å². The van der Waals surface area contributed by atoms with Crippen LogP contribution in [0.25, 0.3) is 0 Å². The summed E-state index contributed by atoms with van der Waals surface area (Å²) in [6.45, 7) is 4.60. The molecule has 1 aliphatic heterocycles. The largest absolute Gasteiger partial charge is 0.456 e. The van der Waals surface area contributed by atoms with Crippen molar-refractivity contribution in [3.8, 4) is 0 Å². The van der Waals surface area contributed by atoms with Crippen LogP contribution in [0.15, 0.2) is 17.3 Å².